The topological polar surface area (TPSA) is 88.6 Å². The van der Waals surface area contributed by atoms with E-state index in [0.29, 0.717) is 11.2 Å². The highest BCUT2D eigenvalue weighted by molar-refractivity contribution is 7.89. The Morgan fingerprint density at radius 1 is 1.11 bits per heavy atom. The minimum atomic E-state index is -3.77. The van der Waals surface area contributed by atoms with E-state index in [0.717, 1.165) is 9.69 Å². The summed E-state index contributed by atoms with van der Waals surface area (Å²) in [6.45, 7) is 0. The molecule has 8 heteroatoms. The average Bonchev–Trinajstić information content (AvgIpc) is 2.67. The Bertz CT molecular complexity index is 1110. The van der Waals surface area contributed by atoms with E-state index in [-0.39, 0.29) is 16.2 Å². The predicted octanol–water partition coefficient (Wildman–Crippen LogP) is 2.75. The van der Waals surface area contributed by atoms with Gasteiger partial charge in [-0.1, -0.05) is 18.2 Å². The molecule has 0 aliphatic heterocycles. The predicted molar refractivity (Wildman–Crippen MR) is 104 cm³/mol. The molecule has 3 rings (SSSR count). The lowest BCUT2D eigenvalue weighted by atomic mass is 10.1. The zero-order valence-corrected chi connectivity index (χ0v) is 15.9. The zero-order valence-electron chi connectivity index (χ0n) is 15.1. The molecule has 0 radical (unpaired) electrons. The molecule has 0 fully saturated rings. The van der Waals surface area contributed by atoms with Crippen molar-refractivity contribution in [2.45, 2.75) is 4.90 Å². The van der Waals surface area contributed by atoms with Crippen molar-refractivity contribution in [2.24, 2.45) is 0 Å². The molecule has 0 spiro atoms. The van der Waals surface area contributed by atoms with Crippen LogP contribution in [0.15, 0.2) is 59.6 Å². The Morgan fingerprint density at radius 3 is 2.56 bits per heavy atom. The first-order valence-electron chi connectivity index (χ1n) is 8.10. The van der Waals surface area contributed by atoms with Gasteiger partial charge < -0.3 is 10.1 Å². The summed E-state index contributed by atoms with van der Waals surface area (Å²) in [5.41, 5.74) is 1.40. The van der Waals surface area contributed by atoms with Gasteiger partial charge in [-0.2, -0.15) is 0 Å². The van der Waals surface area contributed by atoms with Crippen LogP contribution in [0, 0.1) is 0 Å². The van der Waals surface area contributed by atoms with E-state index in [2.05, 4.69) is 10.3 Å². The maximum absolute atomic E-state index is 12.7. The molecule has 0 aliphatic rings. The van der Waals surface area contributed by atoms with E-state index in [1.54, 1.807) is 12.3 Å². The highest BCUT2D eigenvalue weighted by atomic mass is 32.2. The molecule has 3 aromatic rings. The molecular formula is C19H19N3O4S. The van der Waals surface area contributed by atoms with Gasteiger partial charge in [0.2, 0.25) is 10.0 Å². The van der Waals surface area contributed by atoms with Gasteiger partial charge in [-0.25, -0.2) is 12.7 Å². The summed E-state index contributed by atoms with van der Waals surface area (Å²) in [6, 6.07) is 13.5. The Kier molecular flexibility index (Phi) is 5.11. The van der Waals surface area contributed by atoms with E-state index >= 15 is 0 Å². The van der Waals surface area contributed by atoms with Crippen molar-refractivity contribution in [1.29, 1.82) is 0 Å². The fourth-order valence-electron chi connectivity index (χ4n) is 2.62. The van der Waals surface area contributed by atoms with Crippen molar-refractivity contribution in [1.82, 2.24) is 9.29 Å². The number of methoxy groups -OCH3 is 1. The quantitative estimate of drug-likeness (QED) is 0.730. The third kappa shape index (κ3) is 3.62. The van der Waals surface area contributed by atoms with Crippen LogP contribution in [-0.4, -0.2) is 44.8 Å². The summed E-state index contributed by atoms with van der Waals surface area (Å²) in [4.78, 5) is 16.9. The van der Waals surface area contributed by atoms with Crippen LogP contribution in [0.5, 0.6) is 5.75 Å². The number of carbonyl (C=O) groups excluding carboxylic acids is 1. The molecule has 0 atom stereocenters. The number of hydrogen-bond donors (Lipinski definition) is 1. The summed E-state index contributed by atoms with van der Waals surface area (Å²) in [6.07, 6.45) is 1.65. The largest absolute Gasteiger partial charge is 0.495 e. The van der Waals surface area contributed by atoms with E-state index in [9.17, 15) is 13.2 Å². The molecule has 1 aromatic heterocycles. The fourth-order valence-corrected chi connectivity index (χ4v) is 3.69. The Labute approximate surface area is 157 Å². The van der Waals surface area contributed by atoms with Gasteiger partial charge in [0.25, 0.3) is 5.91 Å². The van der Waals surface area contributed by atoms with Crippen LogP contribution >= 0.6 is 0 Å². The molecule has 0 unspecified atom stereocenters. The van der Waals surface area contributed by atoms with Crippen molar-refractivity contribution in [3.63, 3.8) is 0 Å². The zero-order chi connectivity index (χ0) is 19.6. The van der Waals surface area contributed by atoms with Crippen LogP contribution in [0.25, 0.3) is 10.9 Å². The Balaban J connectivity index is 2.00. The van der Waals surface area contributed by atoms with Crippen molar-refractivity contribution in [2.75, 3.05) is 26.5 Å². The number of carbonyl (C=O) groups is 1. The van der Waals surface area contributed by atoms with Gasteiger partial charge in [0.15, 0.2) is 0 Å². The summed E-state index contributed by atoms with van der Waals surface area (Å²) in [5, 5.41) is 3.69. The number of pyridine rings is 1. The molecule has 7 nitrogen and oxygen atoms in total. The van der Waals surface area contributed by atoms with Crippen LogP contribution in [0.1, 0.15) is 10.4 Å². The number of fused-ring (bicyclic) bond motifs is 1. The molecule has 0 saturated heterocycles. The molecule has 2 aromatic carbocycles. The standard InChI is InChI=1S/C19H19N3O4S/c1-22(2)27(24,25)17-12-14(9-10-16(17)26-3)19(23)21-15-8-4-6-13-7-5-11-20-18(13)15/h4-12H,1-3H3,(H,21,23). The lowest BCUT2D eigenvalue weighted by molar-refractivity contribution is 0.102. The smallest absolute Gasteiger partial charge is 0.255 e. The molecular weight excluding hydrogens is 366 g/mol. The van der Waals surface area contributed by atoms with Gasteiger partial charge >= 0.3 is 0 Å². The van der Waals surface area contributed by atoms with Gasteiger partial charge in [0, 0.05) is 31.2 Å². The third-order valence-corrected chi connectivity index (χ3v) is 5.90. The van der Waals surface area contributed by atoms with Crippen molar-refractivity contribution < 1.29 is 17.9 Å². The number of rotatable bonds is 5. The number of benzene rings is 2. The number of amides is 1. The molecule has 27 heavy (non-hydrogen) atoms. The minimum absolute atomic E-state index is 0.0707. The van der Waals surface area contributed by atoms with Gasteiger partial charge in [-0.05, 0) is 30.3 Å². The molecule has 1 N–H and O–H groups in total. The lowest BCUT2D eigenvalue weighted by Crippen LogP contribution is -2.23. The first-order chi connectivity index (χ1) is 12.8. The third-order valence-electron chi connectivity index (χ3n) is 4.07. The van der Waals surface area contributed by atoms with Crippen LogP contribution in [0.4, 0.5) is 5.69 Å². The van der Waals surface area contributed by atoms with Gasteiger partial charge in [-0.15, -0.1) is 0 Å². The Morgan fingerprint density at radius 2 is 1.85 bits per heavy atom. The van der Waals surface area contributed by atoms with Crippen LogP contribution in [0.3, 0.4) is 0 Å². The summed E-state index contributed by atoms with van der Waals surface area (Å²) in [5.74, 6) is -0.266. The van der Waals surface area contributed by atoms with Gasteiger partial charge in [0.05, 0.1) is 18.3 Å². The van der Waals surface area contributed by atoms with E-state index < -0.39 is 15.9 Å². The SMILES string of the molecule is COc1ccc(C(=O)Nc2cccc3cccnc23)cc1S(=O)(=O)N(C)C. The molecule has 1 heterocycles. The van der Waals surface area contributed by atoms with Crippen LogP contribution in [-0.2, 0) is 10.0 Å². The first-order valence-corrected chi connectivity index (χ1v) is 9.54. The number of anilines is 1. The second-order valence-electron chi connectivity index (χ2n) is 5.99. The highest BCUT2D eigenvalue weighted by Crippen LogP contribution is 2.28. The average molecular weight is 385 g/mol. The number of aromatic nitrogens is 1. The number of ether oxygens (including phenoxy) is 1. The van der Waals surface area contributed by atoms with E-state index in [4.69, 9.17) is 4.74 Å². The molecule has 0 aliphatic carbocycles. The highest BCUT2D eigenvalue weighted by Gasteiger charge is 2.24. The van der Waals surface area contributed by atoms with Crippen molar-refractivity contribution in [3.05, 3.63) is 60.3 Å². The Hall–Kier alpha value is -2.97. The fraction of sp³-hybridized carbons (Fsp3) is 0.158. The molecule has 140 valence electrons. The second-order valence-corrected chi connectivity index (χ2v) is 8.11. The lowest BCUT2D eigenvalue weighted by Gasteiger charge is -2.15. The number of nitrogens with one attached hydrogen (secondary N) is 1. The number of para-hydroxylation sites is 1. The van der Waals surface area contributed by atoms with Gasteiger partial charge in [-0.3, -0.25) is 9.78 Å². The normalized spacial score (nSPS) is 11.6. The maximum Gasteiger partial charge on any atom is 0.255 e. The maximum atomic E-state index is 12.7. The molecule has 0 bridgehead atoms. The molecule has 1 amide bonds. The van der Waals surface area contributed by atoms with Crippen LogP contribution in [0.2, 0.25) is 0 Å². The van der Waals surface area contributed by atoms with Crippen LogP contribution < -0.4 is 10.1 Å². The molecule has 0 saturated carbocycles. The van der Waals surface area contributed by atoms with Crippen molar-refractivity contribution in [3.8, 4) is 5.75 Å². The van der Waals surface area contributed by atoms with E-state index in [1.807, 2.05) is 24.3 Å². The van der Waals surface area contributed by atoms with E-state index in [1.165, 1.54) is 39.4 Å². The monoisotopic (exact) mass is 385 g/mol. The van der Waals surface area contributed by atoms with Gasteiger partial charge in [0.1, 0.15) is 10.6 Å². The first kappa shape index (κ1) is 18.8. The second kappa shape index (κ2) is 7.34. The summed E-state index contributed by atoms with van der Waals surface area (Å²) >= 11 is 0. The van der Waals surface area contributed by atoms with Crippen molar-refractivity contribution >= 4 is 32.5 Å². The summed E-state index contributed by atoms with van der Waals surface area (Å²) < 4.78 is 31.3. The number of nitrogens with zero attached hydrogens (tertiary/aromatic N) is 2. The summed E-state index contributed by atoms with van der Waals surface area (Å²) in [7, 11) is 0.453. The number of sulfonamides is 1. The number of hydrogen-bond acceptors (Lipinski definition) is 5. The minimum Gasteiger partial charge on any atom is -0.495 e.